The van der Waals surface area contributed by atoms with E-state index in [0.717, 1.165) is 56.9 Å². The largest absolute Gasteiger partial charge is 0.386 e. The molecule has 0 unspecified atom stereocenters. The molecule has 0 spiro atoms. The van der Waals surface area contributed by atoms with Crippen LogP contribution in [0, 0.1) is 0 Å². The lowest BCUT2D eigenvalue weighted by molar-refractivity contribution is -0.654. The van der Waals surface area contributed by atoms with Crippen LogP contribution in [0.25, 0.3) is 20.4 Å². The summed E-state index contributed by atoms with van der Waals surface area (Å²) in [6.45, 7) is 6.21. The SMILES string of the molecule is CCCn1c(=Nc2sc3ccc(Cl)cc3[n+]2CCC)sc2ccc(Cl)cc21. The number of hydrogen-bond donors (Lipinski definition) is 0. The molecule has 0 saturated carbocycles. The first kappa shape index (κ1) is 18.9. The molecule has 27 heavy (non-hydrogen) atoms. The normalized spacial score (nSPS) is 12.5. The average Bonchev–Trinajstić information content (AvgIpc) is 3.15. The van der Waals surface area contributed by atoms with Crippen LogP contribution in [0.2, 0.25) is 10.0 Å². The van der Waals surface area contributed by atoms with E-state index in [1.165, 1.54) is 9.40 Å². The highest BCUT2D eigenvalue weighted by Gasteiger charge is 2.20. The Labute approximate surface area is 176 Å². The van der Waals surface area contributed by atoms with Gasteiger partial charge in [-0.05, 0) is 54.5 Å². The van der Waals surface area contributed by atoms with Crippen LogP contribution in [0.5, 0.6) is 0 Å². The molecule has 2 aromatic carbocycles. The number of thiazole rings is 2. The van der Waals surface area contributed by atoms with Gasteiger partial charge in [0, 0.05) is 27.6 Å². The van der Waals surface area contributed by atoms with Gasteiger partial charge in [-0.3, -0.25) is 4.57 Å². The van der Waals surface area contributed by atoms with E-state index in [-0.39, 0.29) is 0 Å². The highest BCUT2D eigenvalue weighted by molar-refractivity contribution is 7.21. The molecule has 0 fully saturated rings. The monoisotopic (exact) mass is 436 g/mol. The summed E-state index contributed by atoms with van der Waals surface area (Å²) in [6.07, 6.45) is 2.09. The zero-order chi connectivity index (χ0) is 19.0. The summed E-state index contributed by atoms with van der Waals surface area (Å²) < 4.78 is 6.97. The molecule has 0 atom stereocenters. The summed E-state index contributed by atoms with van der Waals surface area (Å²) in [4.78, 5) is 6.10. The molecular weight excluding hydrogens is 417 g/mol. The fourth-order valence-electron chi connectivity index (χ4n) is 3.22. The summed E-state index contributed by atoms with van der Waals surface area (Å²) in [5, 5.41) is 2.53. The Morgan fingerprint density at radius 3 is 2.44 bits per heavy atom. The van der Waals surface area contributed by atoms with Gasteiger partial charge < -0.3 is 0 Å². The lowest BCUT2D eigenvalue weighted by Gasteiger charge is -2.01. The van der Waals surface area contributed by atoms with Crippen LogP contribution < -0.4 is 9.37 Å². The molecule has 0 saturated heterocycles. The maximum Gasteiger partial charge on any atom is 0.386 e. The van der Waals surface area contributed by atoms with Crippen LogP contribution in [0.4, 0.5) is 5.13 Å². The Morgan fingerprint density at radius 1 is 0.963 bits per heavy atom. The number of halogens is 2. The minimum absolute atomic E-state index is 0.759. The molecule has 0 bridgehead atoms. The van der Waals surface area contributed by atoms with Crippen LogP contribution in [0.3, 0.4) is 0 Å². The Balaban J connectivity index is 1.98. The number of hydrogen-bond acceptors (Lipinski definition) is 3. The second-order valence-electron chi connectivity index (χ2n) is 6.41. The van der Waals surface area contributed by atoms with E-state index in [0.29, 0.717) is 0 Å². The molecule has 3 nitrogen and oxygen atoms in total. The van der Waals surface area contributed by atoms with Gasteiger partial charge in [0.1, 0.15) is 5.52 Å². The van der Waals surface area contributed by atoms with Crippen LogP contribution in [-0.2, 0) is 13.1 Å². The highest BCUT2D eigenvalue weighted by Crippen LogP contribution is 2.29. The van der Waals surface area contributed by atoms with Crippen molar-refractivity contribution in [3.63, 3.8) is 0 Å². The van der Waals surface area contributed by atoms with Crippen molar-refractivity contribution in [2.45, 2.75) is 39.8 Å². The van der Waals surface area contributed by atoms with Gasteiger partial charge in [-0.2, -0.15) is 0 Å². The van der Waals surface area contributed by atoms with E-state index in [1.54, 1.807) is 22.7 Å². The number of fused-ring (bicyclic) bond motifs is 2. The van der Waals surface area contributed by atoms with Crippen molar-refractivity contribution in [3.8, 4) is 0 Å². The Bertz CT molecular complexity index is 1190. The average molecular weight is 437 g/mol. The van der Waals surface area contributed by atoms with E-state index >= 15 is 0 Å². The van der Waals surface area contributed by atoms with E-state index in [2.05, 4.69) is 35.1 Å². The Kier molecular flexibility index (Phi) is 5.55. The van der Waals surface area contributed by atoms with Crippen molar-refractivity contribution >= 4 is 71.4 Å². The quantitative estimate of drug-likeness (QED) is 0.315. The lowest BCUT2D eigenvalue weighted by Crippen LogP contribution is -2.32. The first-order valence-electron chi connectivity index (χ1n) is 9.06. The van der Waals surface area contributed by atoms with Crippen LogP contribution in [-0.4, -0.2) is 4.57 Å². The van der Waals surface area contributed by atoms with Gasteiger partial charge in [-0.15, -0.1) is 0 Å². The molecule has 2 heterocycles. The molecule has 0 aliphatic carbocycles. The van der Waals surface area contributed by atoms with Crippen molar-refractivity contribution in [2.75, 3.05) is 0 Å². The van der Waals surface area contributed by atoms with Crippen molar-refractivity contribution in [3.05, 3.63) is 51.2 Å². The third kappa shape index (κ3) is 3.66. The Morgan fingerprint density at radius 2 is 1.70 bits per heavy atom. The molecular formula is C20H20Cl2N3S2+. The maximum absolute atomic E-state index is 6.24. The second kappa shape index (κ2) is 7.92. The van der Waals surface area contributed by atoms with Crippen LogP contribution in [0.1, 0.15) is 26.7 Å². The summed E-state index contributed by atoms with van der Waals surface area (Å²) in [5.74, 6) is 0. The minimum Gasteiger partial charge on any atom is -0.295 e. The summed E-state index contributed by atoms with van der Waals surface area (Å²) in [7, 11) is 0. The van der Waals surface area contributed by atoms with E-state index in [1.807, 2.05) is 24.3 Å². The number of aryl methyl sites for hydroxylation is 2. The zero-order valence-electron chi connectivity index (χ0n) is 15.2. The van der Waals surface area contributed by atoms with Crippen molar-refractivity contribution in [2.24, 2.45) is 4.99 Å². The van der Waals surface area contributed by atoms with Gasteiger partial charge in [0.2, 0.25) is 0 Å². The molecule has 140 valence electrons. The molecule has 0 aliphatic heterocycles. The molecule has 4 aromatic rings. The Hall–Kier alpha value is -1.40. The first-order valence-corrected chi connectivity index (χ1v) is 11.4. The third-order valence-corrected chi connectivity index (χ3v) is 6.96. The standard InChI is InChI=1S/C20H20Cl2N3S2/c1-3-9-24-15-11-13(21)5-7-17(15)26-19(24)23-20-25(10-4-2)16-12-14(22)6-8-18(16)27-20/h5-8,11-12H,3-4,9-10H2,1-2H3/q+1. The van der Waals surface area contributed by atoms with Gasteiger partial charge in [0.25, 0.3) is 0 Å². The number of benzene rings is 2. The minimum atomic E-state index is 0.759. The van der Waals surface area contributed by atoms with Crippen LogP contribution in [0.15, 0.2) is 41.4 Å². The molecule has 2 aromatic heterocycles. The van der Waals surface area contributed by atoms with Crippen molar-refractivity contribution < 1.29 is 4.57 Å². The van der Waals surface area contributed by atoms with Gasteiger partial charge in [-0.25, -0.2) is 4.57 Å². The first-order chi connectivity index (χ1) is 13.1. The van der Waals surface area contributed by atoms with E-state index < -0.39 is 0 Å². The number of aromatic nitrogens is 2. The molecule has 0 aliphatic rings. The van der Waals surface area contributed by atoms with E-state index in [9.17, 15) is 0 Å². The van der Waals surface area contributed by atoms with Gasteiger partial charge in [0.05, 0.1) is 21.5 Å². The van der Waals surface area contributed by atoms with Crippen LogP contribution >= 0.6 is 45.9 Å². The van der Waals surface area contributed by atoms with Crippen molar-refractivity contribution in [1.82, 2.24) is 4.57 Å². The highest BCUT2D eigenvalue weighted by atomic mass is 35.5. The third-order valence-electron chi connectivity index (χ3n) is 4.37. The summed E-state index contributed by atoms with van der Waals surface area (Å²) in [5.41, 5.74) is 2.30. The summed E-state index contributed by atoms with van der Waals surface area (Å²) >= 11 is 15.9. The molecule has 0 N–H and O–H groups in total. The molecule has 0 amide bonds. The van der Waals surface area contributed by atoms with Gasteiger partial charge in [-0.1, -0.05) is 48.4 Å². The van der Waals surface area contributed by atoms with Gasteiger partial charge >= 0.3 is 9.93 Å². The van der Waals surface area contributed by atoms with Crippen molar-refractivity contribution in [1.29, 1.82) is 0 Å². The molecule has 4 rings (SSSR count). The smallest absolute Gasteiger partial charge is 0.295 e. The summed E-state index contributed by atoms with van der Waals surface area (Å²) in [6, 6.07) is 12.1. The fraction of sp³-hybridized carbons (Fsp3) is 0.300. The van der Waals surface area contributed by atoms with Gasteiger partial charge in [0.15, 0.2) is 0 Å². The molecule has 7 heteroatoms. The second-order valence-corrected chi connectivity index (χ2v) is 9.30. The number of rotatable bonds is 5. The lowest BCUT2D eigenvalue weighted by atomic mass is 10.3. The predicted molar refractivity (Wildman–Crippen MR) is 118 cm³/mol. The van der Waals surface area contributed by atoms with E-state index in [4.69, 9.17) is 28.2 Å². The zero-order valence-corrected chi connectivity index (χ0v) is 18.4. The fourth-order valence-corrected chi connectivity index (χ4v) is 5.68. The number of nitrogens with zero attached hydrogens (tertiary/aromatic N) is 3. The molecule has 0 radical (unpaired) electrons. The predicted octanol–water partition coefficient (Wildman–Crippen LogP) is 6.56. The maximum atomic E-state index is 6.24. The topological polar surface area (TPSA) is 21.2 Å².